The first kappa shape index (κ1) is 12.7. The first-order valence-electron chi connectivity index (χ1n) is 5.46. The monoisotopic (exact) mass is 263 g/mol. The van der Waals surface area contributed by atoms with Crippen LogP contribution in [0.3, 0.4) is 0 Å². The highest BCUT2D eigenvalue weighted by atomic mass is 35.5. The van der Waals surface area contributed by atoms with E-state index in [4.69, 9.17) is 11.6 Å². The smallest absolute Gasteiger partial charge is 0.167 e. The second-order valence-corrected chi connectivity index (χ2v) is 4.44. The zero-order chi connectivity index (χ0) is 13.1. The Labute approximate surface area is 109 Å². The third kappa shape index (κ3) is 2.93. The maximum atomic E-state index is 13.2. The van der Waals surface area contributed by atoms with Gasteiger partial charge in [0, 0.05) is 23.9 Å². The summed E-state index contributed by atoms with van der Waals surface area (Å²) in [7, 11) is 0. The molecule has 0 saturated heterocycles. The molecular weight excluding hydrogens is 253 g/mol. The molecule has 0 aliphatic carbocycles. The summed E-state index contributed by atoms with van der Waals surface area (Å²) in [5, 5.41) is 0.0611. The number of ketones is 1. The Morgan fingerprint density at radius 1 is 1.33 bits per heavy atom. The Balaban J connectivity index is 2.18. The third-order valence-electron chi connectivity index (χ3n) is 2.57. The SMILES string of the molecule is Cc1cc(C(=O)Cc2ccc(Cl)c(F)c2)ccn1. The van der Waals surface area contributed by atoms with Gasteiger partial charge in [0.25, 0.3) is 0 Å². The Kier molecular flexibility index (Phi) is 3.72. The van der Waals surface area contributed by atoms with Crippen molar-refractivity contribution in [3.05, 3.63) is 64.2 Å². The molecule has 0 aliphatic heterocycles. The van der Waals surface area contributed by atoms with Gasteiger partial charge in [0.1, 0.15) is 5.82 Å². The minimum atomic E-state index is -0.507. The van der Waals surface area contributed by atoms with E-state index in [1.165, 1.54) is 12.1 Å². The number of aryl methyl sites for hydroxylation is 1. The molecule has 0 fully saturated rings. The number of carbonyl (C=O) groups is 1. The van der Waals surface area contributed by atoms with E-state index in [-0.39, 0.29) is 17.2 Å². The van der Waals surface area contributed by atoms with Crippen molar-refractivity contribution in [3.8, 4) is 0 Å². The number of benzene rings is 1. The number of rotatable bonds is 3. The fourth-order valence-corrected chi connectivity index (χ4v) is 1.77. The van der Waals surface area contributed by atoms with Crippen molar-refractivity contribution in [3.63, 3.8) is 0 Å². The third-order valence-corrected chi connectivity index (χ3v) is 2.87. The lowest BCUT2D eigenvalue weighted by atomic mass is 10.0. The maximum Gasteiger partial charge on any atom is 0.167 e. The molecule has 2 nitrogen and oxygen atoms in total. The van der Waals surface area contributed by atoms with Gasteiger partial charge in [-0.2, -0.15) is 0 Å². The molecule has 0 radical (unpaired) electrons. The molecule has 92 valence electrons. The number of nitrogens with zero attached hydrogens (tertiary/aromatic N) is 1. The van der Waals surface area contributed by atoms with Crippen LogP contribution in [0.15, 0.2) is 36.5 Å². The molecule has 0 unspecified atom stereocenters. The van der Waals surface area contributed by atoms with Gasteiger partial charge in [-0.25, -0.2) is 4.39 Å². The van der Waals surface area contributed by atoms with Crippen LogP contribution >= 0.6 is 11.6 Å². The van der Waals surface area contributed by atoms with Gasteiger partial charge < -0.3 is 0 Å². The quantitative estimate of drug-likeness (QED) is 0.792. The molecule has 18 heavy (non-hydrogen) atoms. The summed E-state index contributed by atoms with van der Waals surface area (Å²) in [4.78, 5) is 16.0. The lowest BCUT2D eigenvalue weighted by Gasteiger charge is -2.03. The largest absolute Gasteiger partial charge is 0.294 e. The summed E-state index contributed by atoms with van der Waals surface area (Å²) >= 11 is 5.59. The summed E-state index contributed by atoms with van der Waals surface area (Å²) in [5.74, 6) is -0.574. The highest BCUT2D eigenvalue weighted by Gasteiger charge is 2.09. The van der Waals surface area contributed by atoms with Crippen LogP contribution in [0.25, 0.3) is 0 Å². The number of hydrogen-bond donors (Lipinski definition) is 0. The normalized spacial score (nSPS) is 10.4. The predicted molar refractivity (Wildman–Crippen MR) is 68.4 cm³/mol. The minimum Gasteiger partial charge on any atom is -0.294 e. The molecule has 0 atom stereocenters. The molecule has 0 aliphatic rings. The van der Waals surface area contributed by atoms with Gasteiger partial charge in [-0.15, -0.1) is 0 Å². The van der Waals surface area contributed by atoms with Crippen LogP contribution in [0.4, 0.5) is 4.39 Å². The zero-order valence-corrected chi connectivity index (χ0v) is 10.5. The van der Waals surface area contributed by atoms with E-state index in [0.717, 1.165) is 5.69 Å². The number of Topliss-reactive ketones (excluding diaryl/α,β-unsaturated/α-hetero) is 1. The summed E-state index contributed by atoms with van der Waals surface area (Å²) in [6.45, 7) is 1.82. The molecule has 0 N–H and O–H groups in total. The van der Waals surface area contributed by atoms with Crippen molar-refractivity contribution >= 4 is 17.4 Å². The number of carbonyl (C=O) groups excluding carboxylic acids is 1. The van der Waals surface area contributed by atoms with Crippen LogP contribution < -0.4 is 0 Å². The van der Waals surface area contributed by atoms with E-state index in [0.29, 0.717) is 11.1 Å². The maximum absolute atomic E-state index is 13.2. The Morgan fingerprint density at radius 3 is 2.78 bits per heavy atom. The molecular formula is C14H11ClFNO. The molecule has 1 aromatic carbocycles. The highest BCUT2D eigenvalue weighted by molar-refractivity contribution is 6.30. The van der Waals surface area contributed by atoms with E-state index < -0.39 is 5.82 Å². The van der Waals surface area contributed by atoms with Gasteiger partial charge in [-0.05, 0) is 36.8 Å². The zero-order valence-electron chi connectivity index (χ0n) is 9.78. The van der Waals surface area contributed by atoms with E-state index >= 15 is 0 Å². The van der Waals surface area contributed by atoms with Crippen LogP contribution in [0.2, 0.25) is 5.02 Å². The Morgan fingerprint density at radius 2 is 2.11 bits per heavy atom. The van der Waals surface area contributed by atoms with Gasteiger partial charge >= 0.3 is 0 Å². The summed E-state index contributed by atoms with van der Waals surface area (Å²) in [5.41, 5.74) is 1.97. The number of hydrogen-bond acceptors (Lipinski definition) is 2. The van der Waals surface area contributed by atoms with E-state index in [9.17, 15) is 9.18 Å². The second-order valence-electron chi connectivity index (χ2n) is 4.03. The van der Waals surface area contributed by atoms with Gasteiger partial charge in [0.2, 0.25) is 0 Å². The molecule has 0 saturated carbocycles. The van der Waals surface area contributed by atoms with E-state index in [1.54, 1.807) is 24.4 Å². The molecule has 0 amide bonds. The predicted octanol–water partition coefficient (Wildman–Crippen LogP) is 3.61. The standard InChI is InChI=1S/C14H11ClFNO/c1-9-6-11(4-5-17-9)14(18)8-10-2-3-12(15)13(16)7-10/h2-7H,8H2,1H3. The molecule has 0 bridgehead atoms. The summed E-state index contributed by atoms with van der Waals surface area (Å²) < 4.78 is 13.2. The van der Waals surface area contributed by atoms with Crippen molar-refractivity contribution in [2.75, 3.05) is 0 Å². The number of pyridine rings is 1. The van der Waals surface area contributed by atoms with Crippen molar-refractivity contribution in [1.82, 2.24) is 4.98 Å². The lowest BCUT2D eigenvalue weighted by Crippen LogP contribution is -2.04. The molecule has 1 heterocycles. The minimum absolute atomic E-state index is 0.0611. The molecule has 0 spiro atoms. The second kappa shape index (κ2) is 5.27. The van der Waals surface area contributed by atoms with Crippen LogP contribution in [-0.4, -0.2) is 10.8 Å². The first-order chi connectivity index (χ1) is 8.56. The lowest BCUT2D eigenvalue weighted by molar-refractivity contribution is 0.0992. The summed E-state index contributed by atoms with van der Waals surface area (Å²) in [6.07, 6.45) is 1.74. The fraction of sp³-hybridized carbons (Fsp3) is 0.143. The molecule has 4 heteroatoms. The van der Waals surface area contributed by atoms with Crippen molar-refractivity contribution in [1.29, 1.82) is 0 Å². The van der Waals surface area contributed by atoms with Gasteiger partial charge in [-0.3, -0.25) is 9.78 Å². The van der Waals surface area contributed by atoms with Crippen LogP contribution in [0.1, 0.15) is 21.6 Å². The first-order valence-corrected chi connectivity index (χ1v) is 5.84. The molecule has 1 aromatic heterocycles. The molecule has 2 aromatic rings. The van der Waals surface area contributed by atoms with E-state index in [1.807, 2.05) is 6.92 Å². The highest BCUT2D eigenvalue weighted by Crippen LogP contribution is 2.17. The van der Waals surface area contributed by atoms with Crippen LogP contribution in [0.5, 0.6) is 0 Å². The van der Waals surface area contributed by atoms with Crippen molar-refractivity contribution in [2.24, 2.45) is 0 Å². The van der Waals surface area contributed by atoms with Crippen LogP contribution in [-0.2, 0) is 6.42 Å². The Hall–Kier alpha value is -1.74. The fourth-order valence-electron chi connectivity index (χ4n) is 1.66. The Bertz CT molecular complexity index is 598. The van der Waals surface area contributed by atoms with Crippen molar-refractivity contribution in [2.45, 2.75) is 13.3 Å². The number of halogens is 2. The average molecular weight is 264 g/mol. The average Bonchev–Trinajstić information content (AvgIpc) is 2.34. The number of aromatic nitrogens is 1. The van der Waals surface area contributed by atoms with E-state index in [2.05, 4.69) is 4.98 Å². The van der Waals surface area contributed by atoms with Crippen molar-refractivity contribution < 1.29 is 9.18 Å². The molecule has 2 rings (SSSR count). The summed E-state index contributed by atoms with van der Waals surface area (Å²) in [6, 6.07) is 7.76. The van der Waals surface area contributed by atoms with Gasteiger partial charge in [0.05, 0.1) is 5.02 Å². The van der Waals surface area contributed by atoms with Gasteiger partial charge in [0.15, 0.2) is 5.78 Å². The van der Waals surface area contributed by atoms with Gasteiger partial charge in [-0.1, -0.05) is 17.7 Å². The topological polar surface area (TPSA) is 30.0 Å². The van der Waals surface area contributed by atoms with Crippen LogP contribution in [0, 0.1) is 12.7 Å².